The molecule has 166 valence electrons. The molecule has 3 rings (SSSR count). The molecule has 6 nitrogen and oxygen atoms in total. The van der Waals surface area contributed by atoms with Crippen LogP contribution in [-0.4, -0.2) is 56.5 Å². The number of guanidine groups is 1. The number of nitrogens with one attached hydrogen (secondary N) is 2. The van der Waals surface area contributed by atoms with Crippen molar-refractivity contribution in [1.29, 1.82) is 0 Å². The van der Waals surface area contributed by atoms with E-state index in [-0.39, 0.29) is 30.4 Å². The molecule has 1 heterocycles. The van der Waals surface area contributed by atoms with Gasteiger partial charge in [0.25, 0.3) is 0 Å². The molecule has 1 amide bonds. The molecule has 7 heteroatoms. The largest absolute Gasteiger partial charge is 0.369 e. The summed E-state index contributed by atoms with van der Waals surface area (Å²) in [6, 6.07) is 17.0. The normalized spacial score (nSPS) is 17.7. The summed E-state index contributed by atoms with van der Waals surface area (Å²) in [5.41, 5.74) is 2.03. The number of rotatable bonds is 6. The fraction of sp³-hybridized carbons (Fsp3) is 0.417. The van der Waals surface area contributed by atoms with E-state index in [1.54, 1.807) is 26.2 Å². The van der Waals surface area contributed by atoms with E-state index >= 15 is 0 Å². The average Bonchev–Trinajstić information content (AvgIpc) is 2.78. The zero-order chi connectivity index (χ0) is 22.2. The number of carbonyl (C=O) groups is 1. The summed E-state index contributed by atoms with van der Waals surface area (Å²) in [6.07, 6.45) is 1.97. The predicted octanol–water partition coefficient (Wildman–Crippen LogP) is 3.18. The molecule has 0 saturated carbocycles. The Hall–Kier alpha value is -3.09. The average molecular weight is 426 g/mol. The van der Waals surface area contributed by atoms with Gasteiger partial charge in [0, 0.05) is 38.9 Å². The lowest BCUT2D eigenvalue weighted by Gasteiger charge is -2.35. The number of amides is 1. The van der Waals surface area contributed by atoms with Gasteiger partial charge in [0.1, 0.15) is 12.4 Å². The molecule has 2 N–H and O–H groups in total. The molecular formula is C24H32FN5O. The third-order valence-corrected chi connectivity index (χ3v) is 5.46. The van der Waals surface area contributed by atoms with Crippen molar-refractivity contribution in [3.8, 4) is 0 Å². The summed E-state index contributed by atoms with van der Waals surface area (Å²) in [5, 5.41) is 6.93. The number of hydrogen-bond donors (Lipinski definition) is 2. The van der Waals surface area contributed by atoms with Crippen molar-refractivity contribution in [1.82, 2.24) is 15.5 Å². The van der Waals surface area contributed by atoms with Crippen molar-refractivity contribution in [3.63, 3.8) is 0 Å². The van der Waals surface area contributed by atoms with E-state index in [2.05, 4.69) is 39.6 Å². The van der Waals surface area contributed by atoms with Gasteiger partial charge >= 0.3 is 0 Å². The lowest BCUT2D eigenvalue weighted by Crippen LogP contribution is -2.52. The van der Waals surface area contributed by atoms with Gasteiger partial charge in [-0.25, -0.2) is 9.38 Å². The van der Waals surface area contributed by atoms with Crippen LogP contribution in [0.4, 0.5) is 10.1 Å². The molecular weight excluding hydrogens is 393 g/mol. The zero-order valence-corrected chi connectivity index (χ0v) is 18.5. The first-order valence-electron chi connectivity index (χ1n) is 10.8. The fourth-order valence-corrected chi connectivity index (χ4v) is 3.65. The van der Waals surface area contributed by atoms with E-state index in [1.165, 1.54) is 11.0 Å². The van der Waals surface area contributed by atoms with Crippen LogP contribution >= 0.6 is 0 Å². The van der Waals surface area contributed by atoms with Crippen molar-refractivity contribution >= 4 is 17.6 Å². The molecule has 2 unspecified atom stereocenters. The van der Waals surface area contributed by atoms with Crippen LogP contribution in [0.15, 0.2) is 59.6 Å². The second-order valence-electron chi connectivity index (χ2n) is 8.14. The standard InChI is InChI=1S/C24H32FN5O/c1-18(19-9-5-4-6-10-19)27-24(26-16-23(31)29(2)3)28-21-12-8-14-30(17-21)22-13-7-11-20(25)15-22/h4-7,9-11,13,15,18,21H,8,12,14,16-17H2,1-3H3,(H2,26,27,28). The molecule has 2 atom stereocenters. The minimum Gasteiger partial charge on any atom is -0.369 e. The molecule has 2 aromatic rings. The number of nitrogens with zero attached hydrogens (tertiary/aromatic N) is 3. The summed E-state index contributed by atoms with van der Waals surface area (Å²) in [5.74, 6) is 0.325. The molecule has 1 fully saturated rings. The SMILES string of the molecule is CC(NC(=NCC(=O)N(C)C)NC1CCCN(c2cccc(F)c2)C1)c1ccccc1. The van der Waals surface area contributed by atoms with E-state index in [1.807, 2.05) is 24.3 Å². The monoisotopic (exact) mass is 425 g/mol. The lowest BCUT2D eigenvalue weighted by molar-refractivity contribution is -0.127. The van der Waals surface area contributed by atoms with Gasteiger partial charge in [0.05, 0.1) is 6.04 Å². The molecule has 2 aromatic carbocycles. The lowest BCUT2D eigenvalue weighted by atomic mass is 10.0. The van der Waals surface area contributed by atoms with Crippen LogP contribution in [0.2, 0.25) is 0 Å². The highest BCUT2D eigenvalue weighted by Crippen LogP contribution is 2.21. The van der Waals surface area contributed by atoms with Gasteiger partial charge in [0.15, 0.2) is 5.96 Å². The number of piperidine rings is 1. The fourth-order valence-electron chi connectivity index (χ4n) is 3.65. The van der Waals surface area contributed by atoms with Crippen LogP contribution in [-0.2, 0) is 4.79 Å². The van der Waals surface area contributed by atoms with E-state index in [0.29, 0.717) is 5.96 Å². The third kappa shape index (κ3) is 6.70. The molecule has 0 spiro atoms. The van der Waals surface area contributed by atoms with E-state index < -0.39 is 0 Å². The van der Waals surface area contributed by atoms with Gasteiger partial charge in [0.2, 0.25) is 5.91 Å². The van der Waals surface area contributed by atoms with E-state index in [9.17, 15) is 9.18 Å². The number of likely N-dealkylation sites (N-methyl/N-ethyl adjacent to an activating group) is 1. The highest BCUT2D eigenvalue weighted by molar-refractivity contribution is 5.85. The minimum atomic E-state index is -0.226. The summed E-state index contributed by atoms with van der Waals surface area (Å²) in [7, 11) is 3.45. The van der Waals surface area contributed by atoms with Crippen LogP contribution in [0.1, 0.15) is 31.4 Å². The summed E-state index contributed by atoms with van der Waals surface area (Å²) >= 11 is 0. The van der Waals surface area contributed by atoms with Crippen molar-refractivity contribution in [2.75, 3.05) is 38.6 Å². The second-order valence-corrected chi connectivity index (χ2v) is 8.14. The van der Waals surface area contributed by atoms with Crippen LogP contribution in [0.3, 0.4) is 0 Å². The molecule has 0 radical (unpaired) electrons. The molecule has 0 aromatic heterocycles. The Balaban J connectivity index is 1.70. The highest BCUT2D eigenvalue weighted by atomic mass is 19.1. The Morgan fingerprint density at radius 3 is 2.71 bits per heavy atom. The quantitative estimate of drug-likeness (QED) is 0.551. The Morgan fingerprint density at radius 1 is 1.23 bits per heavy atom. The first-order valence-corrected chi connectivity index (χ1v) is 10.8. The number of hydrogen-bond acceptors (Lipinski definition) is 3. The van der Waals surface area contributed by atoms with Crippen LogP contribution in [0, 0.1) is 5.82 Å². The smallest absolute Gasteiger partial charge is 0.243 e. The van der Waals surface area contributed by atoms with Gasteiger partial charge in [-0.05, 0) is 43.5 Å². The third-order valence-electron chi connectivity index (χ3n) is 5.46. The number of carbonyl (C=O) groups excluding carboxylic acids is 1. The molecule has 1 aliphatic heterocycles. The van der Waals surface area contributed by atoms with Crippen LogP contribution in [0.5, 0.6) is 0 Å². The van der Waals surface area contributed by atoms with E-state index in [4.69, 9.17) is 0 Å². The number of aliphatic imine (C=N–C) groups is 1. The van der Waals surface area contributed by atoms with E-state index in [0.717, 1.165) is 37.2 Å². The molecule has 1 aliphatic rings. The predicted molar refractivity (Wildman–Crippen MR) is 124 cm³/mol. The van der Waals surface area contributed by atoms with Gasteiger partial charge in [-0.15, -0.1) is 0 Å². The van der Waals surface area contributed by atoms with Crippen molar-refractivity contribution in [2.45, 2.75) is 31.8 Å². The Morgan fingerprint density at radius 2 is 2.00 bits per heavy atom. The maximum absolute atomic E-state index is 13.7. The maximum Gasteiger partial charge on any atom is 0.243 e. The summed E-state index contributed by atoms with van der Waals surface area (Å²) < 4.78 is 13.7. The van der Waals surface area contributed by atoms with Gasteiger partial charge in [-0.1, -0.05) is 36.4 Å². The number of benzene rings is 2. The van der Waals surface area contributed by atoms with Crippen LogP contribution < -0.4 is 15.5 Å². The summed E-state index contributed by atoms with van der Waals surface area (Å²) in [4.78, 5) is 20.3. The van der Waals surface area contributed by atoms with Crippen molar-refractivity contribution in [2.24, 2.45) is 4.99 Å². The molecule has 0 aliphatic carbocycles. The van der Waals surface area contributed by atoms with Crippen LogP contribution in [0.25, 0.3) is 0 Å². The van der Waals surface area contributed by atoms with Crippen molar-refractivity contribution < 1.29 is 9.18 Å². The zero-order valence-electron chi connectivity index (χ0n) is 18.5. The second kappa shape index (κ2) is 10.8. The van der Waals surface area contributed by atoms with Gasteiger partial charge in [-0.3, -0.25) is 4.79 Å². The Kier molecular flexibility index (Phi) is 7.87. The maximum atomic E-state index is 13.7. The summed E-state index contributed by atoms with van der Waals surface area (Å²) in [6.45, 7) is 3.77. The van der Waals surface area contributed by atoms with Gasteiger partial charge < -0.3 is 20.4 Å². The topological polar surface area (TPSA) is 60.0 Å². The van der Waals surface area contributed by atoms with Crippen molar-refractivity contribution in [3.05, 3.63) is 66.0 Å². The first-order chi connectivity index (χ1) is 14.9. The Labute approximate surface area is 184 Å². The number of halogens is 1. The number of anilines is 1. The molecule has 1 saturated heterocycles. The highest BCUT2D eigenvalue weighted by Gasteiger charge is 2.22. The first kappa shape index (κ1) is 22.6. The van der Waals surface area contributed by atoms with Gasteiger partial charge in [-0.2, -0.15) is 0 Å². The molecule has 0 bridgehead atoms. The molecule has 31 heavy (non-hydrogen) atoms. The Bertz CT molecular complexity index is 887. The minimum absolute atomic E-state index is 0.0322.